The Labute approximate surface area is 179 Å². The van der Waals surface area contributed by atoms with Crippen molar-refractivity contribution in [1.82, 2.24) is 9.88 Å². The normalized spacial score (nSPS) is 17.4. The Kier molecular flexibility index (Phi) is 6.65. The van der Waals surface area contributed by atoms with Gasteiger partial charge in [0.25, 0.3) is 5.91 Å². The lowest BCUT2D eigenvalue weighted by molar-refractivity contribution is 0.0543. The van der Waals surface area contributed by atoms with Crippen molar-refractivity contribution in [1.29, 1.82) is 0 Å². The number of anilines is 2. The van der Waals surface area contributed by atoms with Crippen LogP contribution in [0.15, 0.2) is 42.6 Å². The van der Waals surface area contributed by atoms with E-state index in [-0.39, 0.29) is 12.0 Å². The van der Waals surface area contributed by atoms with E-state index < -0.39 is 0 Å². The van der Waals surface area contributed by atoms with E-state index in [1.807, 2.05) is 35.2 Å². The molecule has 6 heteroatoms. The molecule has 0 spiro atoms. The fourth-order valence-electron chi connectivity index (χ4n) is 4.30. The summed E-state index contributed by atoms with van der Waals surface area (Å²) in [7, 11) is 0. The summed E-state index contributed by atoms with van der Waals surface area (Å²) in [6.45, 7) is 8.71. The molecule has 30 heavy (non-hydrogen) atoms. The van der Waals surface area contributed by atoms with Crippen LogP contribution in [0, 0.1) is 0 Å². The first kappa shape index (κ1) is 20.8. The Morgan fingerprint density at radius 3 is 2.77 bits per heavy atom. The standard InChI is InChI=1S/C24H32N4O2/c1-18(2)30-17-16-27-13-10-20(11-14-27)26-23-21(7-5-12-25-23)24(29)28-15-9-19-6-3-4-8-22(19)28/h3-8,12,18,20H,9-11,13-17H2,1-2H3,(H,25,26). The van der Waals surface area contributed by atoms with Crippen LogP contribution in [0.1, 0.15) is 42.6 Å². The molecule has 0 bridgehead atoms. The number of fused-ring (bicyclic) bond motifs is 1. The number of hydrogen-bond donors (Lipinski definition) is 1. The molecule has 6 nitrogen and oxygen atoms in total. The molecule has 3 heterocycles. The highest BCUT2D eigenvalue weighted by molar-refractivity contribution is 6.10. The van der Waals surface area contributed by atoms with Crippen molar-refractivity contribution in [2.45, 2.75) is 45.3 Å². The molecule has 1 amide bonds. The number of ether oxygens (including phenoxy) is 1. The first-order valence-electron chi connectivity index (χ1n) is 11.1. The number of rotatable bonds is 7. The van der Waals surface area contributed by atoms with Gasteiger partial charge in [0.1, 0.15) is 5.82 Å². The summed E-state index contributed by atoms with van der Waals surface area (Å²) in [4.78, 5) is 22.2. The monoisotopic (exact) mass is 408 g/mol. The molecular weight excluding hydrogens is 376 g/mol. The number of nitrogens with one attached hydrogen (secondary N) is 1. The largest absolute Gasteiger partial charge is 0.377 e. The van der Waals surface area contributed by atoms with Crippen LogP contribution in [-0.4, -0.2) is 60.7 Å². The SMILES string of the molecule is CC(C)OCCN1CCC(Nc2ncccc2C(=O)N2CCc3ccccc32)CC1. The number of aromatic nitrogens is 1. The molecule has 160 valence electrons. The van der Waals surface area contributed by atoms with E-state index in [9.17, 15) is 4.79 Å². The van der Waals surface area contributed by atoms with Crippen molar-refractivity contribution < 1.29 is 9.53 Å². The number of carbonyl (C=O) groups is 1. The Balaban J connectivity index is 1.37. The predicted molar refractivity (Wildman–Crippen MR) is 120 cm³/mol. The maximum atomic E-state index is 13.3. The second-order valence-electron chi connectivity index (χ2n) is 8.41. The number of piperidine rings is 1. The number of amides is 1. The Bertz CT molecular complexity index is 862. The van der Waals surface area contributed by atoms with Crippen molar-refractivity contribution in [3.8, 4) is 0 Å². The molecule has 4 rings (SSSR count). The third-order valence-corrected chi connectivity index (χ3v) is 5.96. The molecule has 2 aliphatic heterocycles. The van der Waals surface area contributed by atoms with Gasteiger partial charge in [0.2, 0.25) is 0 Å². The third-order valence-electron chi connectivity index (χ3n) is 5.96. The first-order chi connectivity index (χ1) is 14.6. The van der Waals surface area contributed by atoms with Crippen LogP contribution < -0.4 is 10.2 Å². The van der Waals surface area contributed by atoms with Crippen LogP contribution in [0.5, 0.6) is 0 Å². The molecule has 2 aliphatic rings. The molecule has 0 saturated carbocycles. The van der Waals surface area contributed by atoms with Gasteiger partial charge >= 0.3 is 0 Å². The van der Waals surface area contributed by atoms with Crippen LogP contribution in [0.4, 0.5) is 11.5 Å². The maximum Gasteiger partial charge on any atom is 0.262 e. The van der Waals surface area contributed by atoms with Gasteiger partial charge in [-0.15, -0.1) is 0 Å². The minimum atomic E-state index is 0.0267. The molecule has 2 aromatic rings. The second-order valence-corrected chi connectivity index (χ2v) is 8.41. The van der Waals surface area contributed by atoms with E-state index in [4.69, 9.17) is 4.74 Å². The highest BCUT2D eigenvalue weighted by atomic mass is 16.5. The first-order valence-corrected chi connectivity index (χ1v) is 11.1. The van der Waals surface area contributed by atoms with Gasteiger partial charge in [-0.3, -0.25) is 4.79 Å². The van der Waals surface area contributed by atoms with Gasteiger partial charge in [0.05, 0.1) is 18.3 Å². The summed E-state index contributed by atoms with van der Waals surface area (Å²) in [5, 5.41) is 3.56. The maximum absolute atomic E-state index is 13.3. The molecular formula is C24H32N4O2. The van der Waals surface area contributed by atoms with Crippen molar-refractivity contribution in [3.05, 3.63) is 53.7 Å². The van der Waals surface area contributed by atoms with E-state index in [0.717, 1.165) is 57.7 Å². The second kappa shape index (κ2) is 9.58. The number of likely N-dealkylation sites (tertiary alicyclic amines) is 1. The lowest BCUT2D eigenvalue weighted by Crippen LogP contribution is -2.41. The average Bonchev–Trinajstić information content (AvgIpc) is 3.19. The van der Waals surface area contributed by atoms with Crippen molar-refractivity contribution in [2.75, 3.05) is 43.0 Å². The number of hydrogen-bond acceptors (Lipinski definition) is 5. The summed E-state index contributed by atoms with van der Waals surface area (Å²) < 4.78 is 5.67. The third kappa shape index (κ3) is 4.82. The number of benzene rings is 1. The number of para-hydroxylation sites is 1. The lowest BCUT2D eigenvalue weighted by Gasteiger charge is -2.33. The van der Waals surface area contributed by atoms with E-state index in [1.165, 1.54) is 5.56 Å². The van der Waals surface area contributed by atoms with Crippen LogP contribution >= 0.6 is 0 Å². The van der Waals surface area contributed by atoms with Crippen LogP contribution in [0.2, 0.25) is 0 Å². The van der Waals surface area contributed by atoms with Gasteiger partial charge in [-0.05, 0) is 56.9 Å². The summed E-state index contributed by atoms with van der Waals surface area (Å²) in [6, 6.07) is 12.2. The van der Waals surface area contributed by atoms with Crippen LogP contribution in [-0.2, 0) is 11.2 Å². The molecule has 1 fully saturated rings. The molecule has 0 unspecified atom stereocenters. The predicted octanol–water partition coefficient (Wildman–Crippen LogP) is 3.59. The molecule has 0 radical (unpaired) electrons. The van der Waals surface area contributed by atoms with Crippen LogP contribution in [0.3, 0.4) is 0 Å². The van der Waals surface area contributed by atoms with E-state index >= 15 is 0 Å². The number of pyridine rings is 1. The summed E-state index contributed by atoms with van der Waals surface area (Å²) in [5.74, 6) is 0.729. The zero-order chi connectivity index (χ0) is 20.9. The van der Waals surface area contributed by atoms with Crippen molar-refractivity contribution >= 4 is 17.4 Å². The molecule has 1 N–H and O–H groups in total. The fourth-order valence-corrected chi connectivity index (χ4v) is 4.30. The van der Waals surface area contributed by atoms with E-state index in [0.29, 0.717) is 17.4 Å². The minimum absolute atomic E-state index is 0.0267. The molecule has 1 aromatic carbocycles. The molecule has 0 aliphatic carbocycles. The van der Waals surface area contributed by atoms with Gasteiger partial charge in [0.15, 0.2) is 0 Å². The highest BCUT2D eigenvalue weighted by Crippen LogP contribution is 2.30. The Hall–Kier alpha value is -2.44. The molecule has 1 aromatic heterocycles. The van der Waals surface area contributed by atoms with Gasteiger partial charge < -0.3 is 19.9 Å². The smallest absolute Gasteiger partial charge is 0.262 e. The summed E-state index contributed by atoms with van der Waals surface area (Å²) >= 11 is 0. The number of carbonyl (C=O) groups excluding carboxylic acids is 1. The molecule has 0 atom stereocenters. The zero-order valence-corrected chi connectivity index (χ0v) is 18.0. The van der Waals surface area contributed by atoms with E-state index in [2.05, 4.69) is 35.1 Å². The average molecular weight is 409 g/mol. The van der Waals surface area contributed by atoms with Gasteiger partial charge in [-0.25, -0.2) is 4.98 Å². The number of nitrogens with zero attached hydrogens (tertiary/aromatic N) is 3. The lowest BCUT2D eigenvalue weighted by atomic mass is 10.0. The molecule has 1 saturated heterocycles. The zero-order valence-electron chi connectivity index (χ0n) is 18.0. The van der Waals surface area contributed by atoms with E-state index in [1.54, 1.807) is 6.20 Å². The Morgan fingerprint density at radius 1 is 1.17 bits per heavy atom. The van der Waals surface area contributed by atoms with Crippen molar-refractivity contribution in [3.63, 3.8) is 0 Å². The summed E-state index contributed by atoms with van der Waals surface area (Å²) in [5.41, 5.74) is 2.91. The van der Waals surface area contributed by atoms with Gasteiger partial charge in [-0.2, -0.15) is 0 Å². The van der Waals surface area contributed by atoms with Crippen molar-refractivity contribution in [2.24, 2.45) is 0 Å². The quantitative estimate of drug-likeness (QED) is 0.759. The highest BCUT2D eigenvalue weighted by Gasteiger charge is 2.28. The fraction of sp³-hybridized carbons (Fsp3) is 0.500. The minimum Gasteiger partial charge on any atom is -0.377 e. The van der Waals surface area contributed by atoms with Gasteiger partial charge in [0, 0.05) is 44.1 Å². The summed E-state index contributed by atoms with van der Waals surface area (Å²) in [6.07, 6.45) is 5.03. The van der Waals surface area contributed by atoms with Gasteiger partial charge in [-0.1, -0.05) is 18.2 Å². The van der Waals surface area contributed by atoms with Crippen LogP contribution in [0.25, 0.3) is 0 Å². The topological polar surface area (TPSA) is 57.7 Å². The Morgan fingerprint density at radius 2 is 1.97 bits per heavy atom.